The predicted octanol–water partition coefficient (Wildman–Crippen LogP) is 0.0872. The van der Waals surface area contributed by atoms with Crippen molar-refractivity contribution in [2.24, 2.45) is 5.84 Å². The van der Waals surface area contributed by atoms with Crippen LogP contribution in [0.25, 0.3) is 0 Å². The number of hydrogen-bond donors (Lipinski definition) is 3. The SMILES string of the molecule is NNc1ccnc(C(=O)NCc2ccncn2)c1. The second-order valence-electron chi connectivity index (χ2n) is 3.46. The Morgan fingerprint density at radius 1 is 1.28 bits per heavy atom. The standard InChI is InChI=1S/C11H12N6O/c12-17-8-2-4-14-10(5-8)11(18)15-6-9-1-3-13-7-16-9/h1-5,7H,6,12H2,(H,14,17)(H,15,18). The van der Waals surface area contributed by atoms with Crippen molar-refractivity contribution in [1.29, 1.82) is 0 Å². The van der Waals surface area contributed by atoms with E-state index in [2.05, 4.69) is 25.7 Å². The van der Waals surface area contributed by atoms with Crippen molar-refractivity contribution < 1.29 is 4.79 Å². The quantitative estimate of drug-likeness (QED) is 0.520. The van der Waals surface area contributed by atoms with E-state index < -0.39 is 0 Å². The second kappa shape index (κ2) is 5.69. The van der Waals surface area contributed by atoms with Gasteiger partial charge in [0.2, 0.25) is 0 Å². The average Bonchev–Trinajstić information content (AvgIpc) is 2.46. The molecule has 2 aromatic rings. The van der Waals surface area contributed by atoms with Crippen LogP contribution in [0.15, 0.2) is 36.9 Å². The van der Waals surface area contributed by atoms with E-state index in [1.54, 1.807) is 24.4 Å². The number of nitrogens with zero attached hydrogens (tertiary/aromatic N) is 3. The van der Waals surface area contributed by atoms with E-state index in [1.165, 1.54) is 12.5 Å². The third-order valence-corrected chi connectivity index (χ3v) is 2.23. The lowest BCUT2D eigenvalue weighted by Crippen LogP contribution is -2.24. The van der Waals surface area contributed by atoms with Crippen LogP contribution < -0.4 is 16.6 Å². The molecule has 7 nitrogen and oxygen atoms in total. The van der Waals surface area contributed by atoms with Crippen molar-refractivity contribution in [1.82, 2.24) is 20.3 Å². The Kier molecular flexibility index (Phi) is 3.77. The number of nitrogens with one attached hydrogen (secondary N) is 2. The predicted molar refractivity (Wildman–Crippen MR) is 65.2 cm³/mol. The minimum Gasteiger partial charge on any atom is -0.345 e. The van der Waals surface area contributed by atoms with Crippen LogP contribution in [0.3, 0.4) is 0 Å². The number of nitrogens with two attached hydrogens (primary N) is 1. The summed E-state index contributed by atoms with van der Waals surface area (Å²) in [4.78, 5) is 23.6. The first-order valence-corrected chi connectivity index (χ1v) is 5.25. The summed E-state index contributed by atoms with van der Waals surface area (Å²) in [6, 6.07) is 4.96. The molecule has 0 fully saturated rings. The lowest BCUT2D eigenvalue weighted by molar-refractivity contribution is 0.0945. The van der Waals surface area contributed by atoms with Crippen LogP contribution in [0, 0.1) is 0 Å². The molecule has 0 aliphatic carbocycles. The second-order valence-corrected chi connectivity index (χ2v) is 3.46. The van der Waals surface area contributed by atoms with Gasteiger partial charge in [0.1, 0.15) is 12.0 Å². The van der Waals surface area contributed by atoms with E-state index in [0.29, 0.717) is 17.9 Å². The maximum Gasteiger partial charge on any atom is 0.270 e. The van der Waals surface area contributed by atoms with Gasteiger partial charge in [-0.05, 0) is 18.2 Å². The lowest BCUT2D eigenvalue weighted by atomic mass is 10.3. The molecular formula is C11H12N6O. The Labute approximate surface area is 103 Å². The van der Waals surface area contributed by atoms with E-state index in [1.807, 2.05) is 0 Å². The van der Waals surface area contributed by atoms with Crippen LogP contribution in [-0.2, 0) is 6.54 Å². The van der Waals surface area contributed by atoms with Gasteiger partial charge in [0.05, 0.1) is 17.9 Å². The molecule has 0 saturated heterocycles. The van der Waals surface area contributed by atoms with Gasteiger partial charge in [0.25, 0.3) is 5.91 Å². The van der Waals surface area contributed by atoms with Crippen LogP contribution in [0.1, 0.15) is 16.2 Å². The molecule has 2 rings (SSSR count). The molecule has 2 aromatic heterocycles. The smallest absolute Gasteiger partial charge is 0.270 e. The van der Waals surface area contributed by atoms with E-state index in [9.17, 15) is 4.79 Å². The lowest BCUT2D eigenvalue weighted by Gasteiger charge is -2.05. The van der Waals surface area contributed by atoms with E-state index in [-0.39, 0.29) is 5.91 Å². The minimum absolute atomic E-state index is 0.286. The first-order valence-electron chi connectivity index (χ1n) is 5.25. The molecule has 0 spiro atoms. The Morgan fingerprint density at radius 2 is 2.17 bits per heavy atom. The topological polar surface area (TPSA) is 106 Å². The molecule has 0 unspecified atom stereocenters. The summed E-state index contributed by atoms with van der Waals surface area (Å²) in [5, 5.41) is 2.71. The number of hydrazine groups is 1. The Balaban J connectivity index is 1.99. The van der Waals surface area contributed by atoms with E-state index in [0.717, 1.165) is 5.69 Å². The molecule has 0 aliphatic heterocycles. The van der Waals surface area contributed by atoms with Crippen LogP contribution in [0.4, 0.5) is 5.69 Å². The zero-order valence-corrected chi connectivity index (χ0v) is 9.50. The molecule has 0 aromatic carbocycles. The van der Waals surface area contributed by atoms with Crippen molar-refractivity contribution >= 4 is 11.6 Å². The fraction of sp³-hybridized carbons (Fsp3) is 0.0909. The monoisotopic (exact) mass is 244 g/mol. The summed E-state index contributed by atoms with van der Waals surface area (Å²) in [6.07, 6.45) is 4.55. The molecule has 18 heavy (non-hydrogen) atoms. The van der Waals surface area contributed by atoms with Crippen molar-refractivity contribution in [3.63, 3.8) is 0 Å². The van der Waals surface area contributed by atoms with Gasteiger partial charge < -0.3 is 10.7 Å². The third-order valence-electron chi connectivity index (χ3n) is 2.23. The number of amides is 1. The molecular weight excluding hydrogens is 232 g/mol. The van der Waals surface area contributed by atoms with E-state index >= 15 is 0 Å². The van der Waals surface area contributed by atoms with Crippen molar-refractivity contribution in [3.05, 3.63) is 48.3 Å². The fourth-order valence-corrected chi connectivity index (χ4v) is 1.33. The molecule has 2 heterocycles. The summed E-state index contributed by atoms with van der Waals surface area (Å²) in [5.41, 5.74) is 4.10. The highest BCUT2D eigenvalue weighted by Gasteiger charge is 2.07. The number of pyridine rings is 1. The van der Waals surface area contributed by atoms with Crippen molar-refractivity contribution in [3.8, 4) is 0 Å². The average molecular weight is 244 g/mol. The molecule has 92 valence electrons. The number of carbonyl (C=O) groups is 1. The van der Waals surface area contributed by atoms with Gasteiger partial charge in [-0.2, -0.15) is 0 Å². The van der Waals surface area contributed by atoms with E-state index in [4.69, 9.17) is 5.84 Å². The highest BCUT2D eigenvalue weighted by Crippen LogP contribution is 2.05. The van der Waals surface area contributed by atoms with Crippen LogP contribution >= 0.6 is 0 Å². The number of rotatable bonds is 4. The zero-order chi connectivity index (χ0) is 12.8. The maximum absolute atomic E-state index is 11.8. The summed E-state index contributed by atoms with van der Waals surface area (Å²) in [6.45, 7) is 0.323. The van der Waals surface area contributed by atoms with Crippen LogP contribution in [-0.4, -0.2) is 20.9 Å². The molecule has 7 heteroatoms. The van der Waals surface area contributed by atoms with Gasteiger partial charge in [-0.15, -0.1) is 0 Å². The summed E-state index contributed by atoms with van der Waals surface area (Å²) >= 11 is 0. The van der Waals surface area contributed by atoms with Gasteiger partial charge in [-0.1, -0.05) is 0 Å². The number of aromatic nitrogens is 3. The largest absolute Gasteiger partial charge is 0.345 e. The van der Waals surface area contributed by atoms with Gasteiger partial charge in [-0.3, -0.25) is 15.6 Å². The number of nitrogen functional groups attached to an aromatic ring is 1. The van der Waals surface area contributed by atoms with Gasteiger partial charge in [-0.25, -0.2) is 9.97 Å². The van der Waals surface area contributed by atoms with Gasteiger partial charge >= 0.3 is 0 Å². The summed E-state index contributed by atoms with van der Waals surface area (Å²) < 4.78 is 0. The van der Waals surface area contributed by atoms with Gasteiger partial charge in [0, 0.05) is 12.4 Å². The number of hydrogen-bond acceptors (Lipinski definition) is 6. The van der Waals surface area contributed by atoms with Crippen molar-refractivity contribution in [2.45, 2.75) is 6.54 Å². The summed E-state index contributed by atoms with van der Waals surface area (Å²) in [7, 11) is 0. The molecule has 4 N–H and O–H groups in total. The highest BCUT2D eigenvalue weighted by atomic mass is 16.1. The zero-order valence-electron chi connectivity index (χ0n) is 9.50. The molecule has 0 atom stereocenters. The number of anilines is 1. The van der Waals surface area contributed by atoms with Crippen LogP contribution in [0.2, 0.25) is 0 Å². The third kappa shape index (κ3) is 2.98. The Bertz CT molecular complexity index is 530. The molecule has 0 bridgehead atoms. The Hall–Kier alpha value is -2.54. The molecule has 0 saturated carbocycles. The van der Waals surface area contributed by atoms with Crippen LogP contribution in [0.5, 0.6) is 0 Å². The maximum atomic E-state index is 11.8. The molecule has 1 amide bonds. The Morgan fingerprint density at radius 3 is 2.89 bits per heavy atom. The number of carbonyl (C=O) groups excluding carboxylic acids is 1. The molecule has 0 radical (unpaired) electrons. The highest BCUT2D eigenvalue weighted by molar-refractivity contribution is 5.92. The normalized spacial score (nSPS) is 9.83. The molecule has 0 aliphatic rings. The van der Waals surface area contributed by atoms with Crippen molar-refractivity contribution in [2.75, 3.05) is 5.43 Å². The minimum atomic E-state index is -0.286. The first kappa shape index (κ1) is 11.9. The first-order chi connectivity index (χ1) is 8.79. The summed E-state index contributed by atoms with van der Waals surface area (Å²) in [5.74, 6) is 4.97. The fourth-order valence-electron chi connectivity index (χ4n) is 1.33. The van der Waals surface area contributed by atoms with Gasteiger partial charge in [0.15, 0.2) is 0 Å².